The maximum absolute atomic E-state index is 12.7. The second-order valence-corrected chi connectivity index (χ2v) is 6.39. The number of aliphatic hydroxyl groups excluding tert-OH is 1. The molecule has 1 aromatic carbocycles. The predicted molar refractivity (Wildman–Crippen MR) is 89.3 cm³/mol. The first-order chi connectivity index (χ1) is 12.0. The van der Waals surface area contributed by atoms with Gasteiger partial charge in [-0.25, -0.2) is 0 Å². The van der Waals surface area contributed by atoms with E-state index in [2.05, 4.69) is 10.6 Å². The fourth-order valence-corrected chi connectivity index (χ4v) is 3.20. The van der Waals surface area contributed by atoms with Crippen LogP contribution in [0.25, 0.3) is 0 Å². The SMILES string of the molecule is NCC(CO)NCc1ccc2c(c1)C(=O)N(C1CCC(=O)NC1=O)C2. The summed E-state index contributed by atoms with van der Waals surface area (Å²) in [5.41, 5.74) is 7.90. The van der Waals surface area contributed by atoms with Crippen molar-refractivity contribution in [1.29, 1.82) is 0 Å². The van der Waals surface area contributed by atoms with Crippen molar-refractivity contribution in [2.75, 3.05) is 13.2 Å². The monoisotopic (exact) mass is 346 g/mol. The van der Waals surface area contributed by atoms with Gasteiger partial charge in [0.05, 0.1) is 6.61 Å². The topological polar surface area (TPSA) is 125 Å². The third-order valence-corrected chi connectivity index (χ3v) is 4.69. The van der Waals surface area contributed by atoms with E-state index in [1.54, 1.807) is 0 Å². The van der Waals surface area contributed by atoms with Crippen molar-refractivity contribution in [2.45, 2.75) is 38.0 Å². The molecular formula is C17H22N4O4. The molecule has 0 aliphatic carbocycles. The molecule has 2 aliphatic heterocycles. The van der Waals surface area contributed by atoms with Crippen molar-refractivity contribution >= 4 is 17.7 Å². The highest BCUT2D eigenvalue weighted by molar-refractivity contribution is 6.05. The molecule has 2 aliphatic rings. The number of fused-ring (bicyclic) bond motifs is 1. The molecule has 2 atom stereocenters. The van der Waals surface area contributed by atoms with Gasteiger partial charge < -0.3 is 21.1 Å². The van der Waals surface area contributed by atoms with Crippen LogP contribution in [0.1, 0.15) is 34.3 Å². The Morgan fingerprint density at radius 2 is 2.16 bits per heavy atom. The van der Waals surface area contributed by atoms with Crippen molar-refractivity contribution in [2.24, 2.45) is 5.73 Å². The number of carbonyl (C=O) groups excluding carboxylic acids is 3. The molecule has 3 rings (SSSR count). The van der Waals surface area contributed by atoms with Crippen LogP contribution in [0.15, 0.2) is 18.2 Å². The summed E-state index contributed by atoms with van der Waals surface area (Å²) in [5, 5.41) is 14.6. The maximum atomic E-state index is 12.7. The van der Waals surface area contributed by atoms with Crippen LogP contribution >= 0.6 is 0 Å². The average Bonchev–Trinajstić information content (AvgIpc) is 2.92. The Bertz CT molecular complexity index is 702. The number of rotatable bonds is 6. The zero-order chi connectivity index (χ0) is 18.0. The molecule has 1 aromatic rings. The molecule has 2 unspecified atom stereocenters. The standard InChI is InChI=1S/C17H22N4O4/c18-6-12(9-22)19-7-10-1-2-11-8-21(17(25)13(11)5-10)14-3-4-15(23)20-16(14)24/h1-2,5,12,14,19,22H,3-4,6-9,18H2,(H,20,23,24). The Morgan fingerprint density at radius 1 is 1.36 bits per heavy atom. The highest BCUT2D eigenvalue weighted by Crippen LogP contribution is 2.28. The second-order valence-electron chi connectivity index (χ2n) is 6.39. The van der Waals surface area contributed by atoms with Crippen LogP contribution in [0, 0.1) is 0 Å². The fraction of sp³-hybridized carbons (Fsp3) is 0.471. The number of hydrogen-bond donors (Lipinski definition) is 4. The van der Waals surface area contributed by atoms with Crippen LogP contribution in [-0.4, -0.2) is 53.0 Å². The predicted octanol–water partition coefficient (Wildman–Crippen LogP) is -1.14. The maximum Gasteiger partial charge on any atom is 0.255 e. The van der Waals surface area contributed by atoms with Crippen molar-refractivity contribution < 1.29 is 19.5 Å². The Labute approximate surface area is 145 Å². The molecule has 1 saturated heterocycles. The van der Waals surface area contributed by atoms with Crippen LogP contribution in [0.2, 0.25) is 0 Å². The summed E-state index contributed by atoms with van der Waals surface area (Å²) in [6.07, 6.45) is 0.598. The number of nitrogens with two attached hydrogens (primary N) is 1. The van der Waals surface area contributed by atoms with E-state index in [4.69, 9.17) is 10.8 Å². The lowest BCUT2D eigenvalue weighted by atomic mass is 10.0. The van der Waals surface area contributed by atoms with Gasteiger partial charge in [-0.2, -0.15) is 0 Å². The first kappa shape index (κ1) is 17.5. The van der Waals surface area contributed by atoms with E-state index in [1.165, 1.54) is 4.90 Å². The van der Waals surface area contributed by atoms with Crippen molar-refractivity contribution in [3.8, 4) is 0 Å². The Kier molecular flexibility index (Phi) is 5.12. The van der Waals surface area contributed by atoms with E-state index in [0.29, 0.717) is 31.6 Å². The molecule has 5 N–H and O–H groups in total. The molecule has 25 heavy (non-hydrogen) atoms. The molecule has 8 nitrogen and oxygen atoms in total. The minimum atomic E-state index is -0.602. The molecule has 3 amide bonds. The average molecular weight is 346 g/mol. The highest BCUT2D eigenvalue weighted by atomic mass is 16.3. The number of hydrogen-bond acceptors (Lipinski definition) is 6. The van der Waals surface area contributed by atoms with Gasteiger partial charge in [-0.1, -0.05) is 12.1 Å². The number of amides is 3. The Morgan fingerprint density at radius 3 is 2.84 bits per heavy atom. The highest BCUT2D eigenvalue weighted by Gasteiger charge is 2.39. The normalized spacial score (nSPS) is 21.3. The Hall–Kier alpha value is -2.29. The van der Waals surface area contributed by atoms with Gasteiger partial charge in [0, 0.05) is 37.7 Å². The van der Waals surface area contributed by atoms with Gasteiger partial charge in [0.1, 0.15) is 6.04 Å². The van der Waals surface area contributed by atoms with Crippen LogP contribution < -0.4 is 16.4 Å². The summed E-state index contributed by atoms with van der Waals surface area (Å²) in [6.45, 7) is 1.13. The Balaban J connectivity index is 1.71. The van der Waals surface area contributed by atoms with Crippen molar-refractivity contribution in [3.63, 3.8) is 0 Å². The van der Waals surface area contributed by atoms with Gasteiger partial charge >= 0.3 is 0 Å². The third kappa shape index (κ3) is 3.55. The number of piperidine rings is 1. The molecule has 134 valence electrons. The number of imide groups is 1. The van der Waals surface area contributed by atoms with Gasteiger partial charge in [-0.15, -0.1) is 0 Å². The molecule has 2 heterocycles. The van der Waals surface area contributed by atoms with E-state index in [9.17, 15) is 14.4 Å². The largest absolute Gasteiger partial charge is 0.395 e. The number of carbonyl (C=O) groups is 3. The lowest BCUT2D eigenvalue weighted by Gasteiger charge is -2.29. The van der Waals surface area contributed by atoms with Crippen molar-refractivity contribution in [1.82, 2.24) is 15.5 Å². The van der Waals surface area contributed by atoms with Gasteiger partial charge in [0.15, 0.2) is 0 Å². The number of nitrogens with one attached hydrogen (secondary N) is 2. The van der Waals surface area contributed by atoms with E-state index in [-0.39, 0.29) is 30.9 Å². The smallest absolute Gasteiger partial charge is 0.255 e. The molecular weight excluding hydrogens is 324 g/mol. The number of nitrogens with zero attached hydrogens (tertiary/aromatic N) is 1. The minimum Gasteiger partial charge on any atom is -0.395 e. The zero-order valence-electron chi connectivity index (χ0n) is 13.8. The van der Waals surface area contributed by atoms with Crippen LogP contribution in [0.4, 0.5) is 0 Å². The molecule has 0 aromatic heterocycles. The van der Waals surface area contributed by atoms with Gasteiger partial charge in [0.2, 0.25) is 11.8 Å². The molecule has 0 bridgehead atoms. The van der Waals surface area contributed by atoms with E-state index in [1.807, 2.05) is 18.2 Å². The van der Waals surface area contributed by atoms with Crippen LogP contribution in [-0.2, 0) is 22.7 Å². The van der Waals surface area contributed by atoms with Gasteiger partial charge in [-0.05, 0) is 23.6 Å². The van der Waals surface area contributed by atoms with E-state index < -0.39 is 11.9 Å². The summed E-state index contributed by atoms with van der Waals surface area (Å²) in [4.78, 5) is 37.5. The van der Waals surface area contributed by atoms with Gasteiger partial charge in [-0.3, -0.25) is 19.7 Å². The van der Waals surface area contributed by atoms with Crippen LogP contribution in [0.3, 0.4) is 0 Å². The number of benzene rings is 1. The molecule has 0 saturated carbocycles. The summed E-state index contributed by atoms with van der Waals surface area (Å²) < 4.78 is 0. The zero-order valence-corrected chi connectivity index (χ0v) is 13.8. The van der Waals surface area contributed by atoms with E-state index >= 15 is 0 Å². The van der Waals surface area contributed by atoms with Gasteiger partial charge in [0.25, 0.3) is 5.91 Å². The molecule has 0 spiro atoms. The molecule has 0 radical (unpaired) electrons. The summed E-state index contributed by atoms with van der Waals surface area (Å²) >= 11 is 0. The summed E-state index contributed by atoms with van der Waals surface area (Å²) in [6, 6.07) is 4.81. The minimum absolute atomic E-state index is 0.0519. The van der Waals surface area contributed by atoms with Crippen LogP contribution in [0.5, 0.6) is 0 Å². The lowest BCUT2D eigenvalue weighted by molar-refractivity contribution is -0.136. The number of aliphatic hydroxyl groups is 1. The first-order valence-electron chi connectivity index (χ1n) is 8.34. The third-order valence-electron chi connectivity index (χ3n) is 4.69. The first-order valence-corrected chi connectivity index (χ1v) is 8.34. The van der Waals surface area contributed by atoms with E-state index in [0.717, 1.165) is 11.1 Å². The van der Waals surface area contributed by atoms with Crippen molar-refractivity contribution in [3.05, 3.63) is 34.9 Å². The summed E-state index contributed by atoms with van der Waals surface area (Å²) in [7, 11) is 0. The second kappa shape index (κ2) is 7.30. The molecule has 8 heteroatoms. The fourth-order valence-electron chi connectivity index (χ4n) is 3.20. The lowest BCUT2D eigenvalue weighted by Crippen LogP contribution is -2.52. The quantitative estimate of drug-likeness (QED) is 0.483. The molecule has 1 fully saturated rings. The summed E-state index contributed by atoms with van der Waals surface area (Å²) in [5.74, 6) is -0.894.